The molecule has 5 rings (SSSR count). The average Bonchev–Trinajstić information content (AvgIpc) is 3.36. The summed E-state index contributed by atoms with van der Waals surface area (Å²) in [6.07, 6.45) is 0. The van der Waals surface area contributed by atoms with E-state index in [9.17, 15) is 4.79 Å². The first kappa shape index (κ1) is 18.7. The van der Waals surface area contributed by atoms with E-state index in [2.05, 4.69) is 32.3 Å². The van der Waals surface area contributed by atoms with E-state index in [1.807, 2.05) is 55.1 Å². The number of carbonyl (C=O) groups excluding carboxylic acids is 1. The lowest BCUT2D eigenvalue weighted by Crippen LogP contribution is -2.49. The number of anilines is 1. The minimum Gasteiger partial charge on any atom is -0.352 e. The number of carbonyl (C=O) groups is 1. The summed E-state index contributed by atoms with van der Waals surface area (Å²) in [4.78, 5) is 17.8. The van der Waals surface area contributed by atoms with Crippen LogP contribution < -0.4 is 4.90 Å². The van der Waals surface area contributed by atoms with Crippen molar-refractivity contribution in [2.75, 3.05) is 31.1 Å². The van der Waals surface area contributed by atoms with Crippen molar-refractivity contribution in [2.24, 2.45) is 0 Å². The van der Waals surface area contributed by atoms with Gasteiger partial charge in [-0.25, -0.2) is 4.68 Å². The fourth-order valence-corrected chi connectivity index (χ4v) is 4.87. The summed E-state index contributed by atoms with van der Waals surface area (Å²) in [6, 6.07) is 16.0. The SMILES string of the molecule is Cc1cc(C)n(-c2ccc(N3CCN(C(=O)c4cc5ccccc5s4)CC3)nn2)n1. The molecule has 4 heterocycles. The topological polar surface area (TPSA) is 67.2 Å². The molecule has 0 bridgehead atoms. The lowest BCUT2D eigenvalue weighted by atomic mass is 10.2. The standard InChI is InChI=1S/C22H22N6OS/c1-15-13-16(2)28(25-15)21-8-7-20(23-24-21)26-9-11-27(12-10-26)22(29)19-14-17-5-3-4-6-18(17)30-19/h3-8,13-14H,9-12H2,1-2H3. The first-order valence-corrected chi connectivity index (χ1v) is 10.8. The lowest BCUT2D eigenvalue weighted by Gasteiger charge is -2.35. The molecule has 0 radical (unpaired) electrons. The average molecular weight is 419 g/mol. The van der Waals surface area contributed by atoms with Gasteiger partial charge in [-0.3, -0.25) is 4.79 Å². The Morgan fingerprint density at radius 1 is 0.933 bits per heavy atom. The van der Waals surface area contributed by atoms with E-state index in [4.69, 9.17) is 0 Å². The molecule has 0 aliphatic carbocycles. The first-order valence-electron chi connectivity index (χ1n) is 9.99. The van der Waals surface area contributed by atoms with E-state index < -0.39 is 0 Å². The minimum atomic E-state index is 0.113. The van der Waals surface area contributed by atoms with Crippen molar-refractivity contribution in [3.05, 3.63) is 64.8 Å². The van der Waals surface area contributed by atoms with Crippen LogP contribution in [0.15, 0.2) is 48.5 Å². The van der Waals surface area contributed by atoms with Gasteiger partial charge in [-0.1, -0.05) is 18.2 Å². The highest BCUT2D eigenvalue weighted by atomic mass is 32.1. The first-order chi connectivity index (χ1) is 14.6. The van der Waals surface area contributed by atoms with E-state index in [1.54, 1.807) is 16.0 Å². The van der Waals surface area contributed by atoms with Gasteiger partial charge in [0.2, 0.25) is 0 Å². The Kier molecular flexibility index (Phi) is 4.71. The van der Waals surface area contributed by atoms with Gasteiger partial charge in [-0.05, 0) is 49.6 Å². The van der Waals surface area contributed by atoms with Crippen LogP contribution in [-0.4, -0.2) is 57.0 Å². The third-order valence-electron chi connectivity index (χ3n) is 5.39. The van der Waals surface area contributed by atoms with Gasteiger partial charge in [-0.2, -0.15) is 5.10 Å². The summed E-state index contributed by atoms with van der Waals surface area (Å²) in [5.41, 5.74) is 1.99. The van der Waals surface area contributed by atoms with Crippen LogP contribution in [0.3, 0.4) is 0 Å². The van der Waals surface area contributed by atoms with Gasteiger partial charge >= 0.3 is 0 Å². The summed E-state index contributed by atoms with van der Waals surface area (Å²) >= 11 is 1.56. The van der Waals surface area contributed by atoms with E-state index in [0.717, 1.165) is 45.3 Å². The number of fused-ring (bicyclic) bond motifs is 1. The predicted octanol–water partition coefficient (Wildman–Crippen LogP) is 3.46. The summed E-state index contributed by atoms with van der Waals surface area (Å²) in [5.74, 6) is 1.65. The van der Waals surface area contributed by atoms with Crippen LogP contribution >= 0.6 is 11.3 Å². The van der Waals surface area contributed by atoms with Gasteiger partial charge in [0.1, 0.15) is 0 Å². The van der Waals surface area contributed by atoms with Gasteiger partial charge in [0, 0.05) is 36.6 Å². The van der Waals surface area contributed by atoms with Gasteiger partial charge in [-0.15, -0.1) is 21.5 Å². The Hall–Kier alpha value is -3.26. The number of aryl methyl sites for hydroxylation is 2. The number of benzene rings is 1. The van der Waals surface area contributed by atoms with Crippen molar-refractivity contribution in [2.45, 2.75) is 13.8 Å². The van der Waals surface area contributed by atoms with Crippen molar-refractivity contribution in [1.29, 1.82) is 0 Å². The third-order valence-corrected chi connectivity index (χ3v) is 6.49. The quantitative estimate of drug-likeness (QED) is 0.510. The van der Waals surface area contributed by atoms with Gasteiger partial charge < -0.3 is 9.80 Å². The maximum absolute atomic E-state index is 12.9. The molecule has 1 aliphatic rings. The number of piperazine rings is 1. The van der Waals surface area contributed by atoms with Crippen LogP contribution in [0.5, 0.6) is 0 Å². The molecular weight excluding hydrogens is 396 g/mol. The van der Waals surface area contributed by atoms with Crippen molar-refractivity contribution >= 4 is 33.1 Å². The number of thiophene rings is 1. The van der Waals surface area contributed by atoms with Crippen molar-refractivity contribution in [1.82, 2.24) is 24.9 Å². The number of hydrogen-bond donors (Lipinski definition) is 0. The summed E-state index contributed by atoms with van der Waals surface area (Å²) in [5, 5.41) is 14.3. The van der Waals surface area contributed by atoms with E-state index in [1.165, 1.54) is 0 Å². The molecule has 0 spiro atoms. The number of nitrogens with zero attached hydrogens (tertiary/aromatic N) is 6. The molecule has 1 aromatic carbocycles. The second-order valence-electron chi connectivity index (χ2n) is 7.52. The molecule has 1 saturated heterocycles. The molecule has 1 fully saturated rings. The second-order valence-corrected chi connectivity index (χ2v) is 8.60. The third kappa shape index (κ3) is 3.43. The number of hydrogen-bond acceptors (Lipinski definition) is 6. The largest absolute Gasteiger partial charge is 0.352 e. The van der Waals surface area contributed by atoms with E-state index in [0.29, 0.717) is 18.9 Å². The van der Waals surface area contributed by atoms with Crippen LogP contribution in [0.4, 0.5) is 5.82 Å². The Labute approximate surface area is 178 Å². The van der Waals surface area contributed by atoms with Crippen LogP contribution in [0, 0.1) is 13.8 Å². The van der Waals surface area contributed by atoms with Gasteiger partial charge in [0.15, 0.2) is 11.6 Å². The Bertz CT molecular complexity index is 1170. The molecule has 152 valence electrons. The van der Waals surface area contributed by atoms with Crippen LogP contribution in [0.2, 0.25) is 0 Å². The lowest BCUT2D eigenvalue weighted by molar-refractivity contribution is 0.0751. The molecule has 8 heteroatoms. The fourth-order valence-electron chi connectivity index (χ4n) is 3.84. The molecule has 0 unspecified atom stereocenters. The van der Waals surface area contributed by atoms with E-state index >= 15 is 0 Å². The Morgan fingerprint density at radius 2 is 1.67 bits per heavy atom. The zero-order valence-electron chi connectivity index (χ0n) is 16.9. The maximum Gasteiger partial charge on any atom is 0.264 e. The zero-order valence-corrected chi connectivity index (χ0v) is 17.8. The summed E-state index contributed by atoms with van der Waals surface area (Å²) in [7, 11) is 0. The molecule has 30 heavy (non-hydrogen) atoms. The Morgan fingerprint density at radius 3 is 2.33 bits per heavy atom. The van der Waals surface area contributed by atoms with Crippen LogP contribution in [-0.2, 0) is 0 Å². The van der Waals surface area contributed by atoms with Gasteiger partial charge in [0.05, 0.1) is 10.6 Å². The van der Waals surface area contributed by atoms with Gasteiger partial charge in [0.25, 0.3) is 5.91 Å². The fraction of sp³-hybridized carbons (Fsp3) is 0.273. The predicted molar refractivity (Wildman–Crippen MR) is 119 cm³/mol. The molecule has 0 atom stereocenters. The summed E-state index contributed by atoms with van der Waals surface area (Å²) < 4.78 is 2.95. The monoisotopic (exact) mass is 418 g/mol. The normalized spacial score (nSPS) is 14.5. The van der Waals surface area contributed by atoms with E-state index in [-0.39, 0.29) is 5.91 Å². The number of amides is 1. The minimum absolute atomic E-state index is 0.113. The summed E-state index contributed by atoms with van der Waals surface area (Å²) in [6.45, 7) is 6.80. The highest BCUT2D eigenvalue weighted by Gasteiger charge is 2.24. The maximum atomic E-state index is 12.9. The number of aromatic nitrogens is 4. The Balaban J connectivity index is 1.25. The molecule has 1 aliphatic heterocycles. The zero-order chi connectivity index (χ0) is 20.7. The van der Waals surface area contributed by atoms with Crippen LogP contribution in [0.25, 0.3) is 15.9 Å². The molecule has 4 aromatic rings. The number of rotatable bonds is 3. The molecule has 0 saturated carbocycles. The highest BCUT2D eigenvalue weighted by molar-refractivity contribution is 7.20. The molecule has 1 amide bonds. The molecule has 3 aromatic heterocycles. The van der Waals surface area contributed by atoms with Crippen molar-refractivity contribution < 1.29 is 4.79 Å². The van der Waals surface area contributed by atoms with Crippen LogP contribution in [0.1, 0.15) is 21.1 Å². The molecular formula is C22H22N6OS. The van der Waals surface area contributed by atoms with Crippen molar-refractivity contribution in [3.63, 3.8) is 0 Å². The smallest absolute Gasteiger partial charge is 0.264 e. The second kappa shape index (κ2) is 7.53. The highest BCUT2D eigenvalue weighted by Crippen LogP contribution is 2.27. The molecule has 7 nitrogen and oxygen atoms in total. The van der Waals surface area contributed by atoms with Crippen molar-refractivity contribution in [3.8, 4) is 5.82 Å². The molecule has 0 N–H and O–H groups in total.